The number of halogens is 4. The van der Waals surface area contributed by atoms with Gasteiger partial charge in [-0.1, -0.05) is 0 Å². The van der Waals surface area contributed by atoms with Crippen LogP contribution in [0.15, 0.2) is 145 Å². The van der Waals surface area contributed by atoms with Gasteiger partial charge in [-0.05, 0) is 0 Å². The average molecular weight is 957 g/mol. The van der Waals surface area contributed by atoms with Crippen molar-refractivity contribution in [2.75, 3.05) is 0 Å². The van der Waals surface area contributed by atoms with Gasteiger partial charge >= 0.3 is 376 Å². The second-order valence-electron chi connectivity index (χ2n) is 17.5. The van der Waals surface area contributed by atoms with E-state index in [1.54, 1.807) is 0 Å². The number of rotatable bonds is 9. The molecular formula is C54H47Cl4SiZr. The van der Waals surface area contributed by atoms with E-state index >= 15 is 0 Å². The molecule has 2 atom stereocenters. The van der Waals surface area contributed by atoms with Crippen LogP contribution in [0.1, 0.15) is 69.0 Å². The number of benzene rings is 8. The molecule has 0 spiro atoms. The molecule has 60 heavy (non-hydrogen) atoms. The van der Waals surface area contributed by atoms with Crippen LogP contribution in [0.25, 0.3) is 77.5 Å². The van der Waals surface area contributed by atoms with E-state index in [-0.39, 0.29) is 7.25 Å². The van der Waals surface area contributed by atoms with Crippen molar-refractivity contribution in [3.8, 4) is 22.3 Å². The van der Waals surface area contributed by atoms with Gasteiger partial charge in [0.15, 0.2) is 0 Å². The van der Waals surface area contributed by atoms with Crippen LogP contribution in [0.2, 0.25) is 23.1 Å². The van der Waals surface area contributed by atoms with Crippen molar-refractivity contribution in [2.45, 2.75) is 59.9 Å². The predicted molar refractivity (Wildman–Crippen MR) is 266 cm³/mol. The average Bonchev–Trinajstić information content (AvgIpc) is 3.81. The summed E-state index contributed by atoms with van der Waals surface area (Å²) < 4.78 is -0.165. The van der Waals surface area contributed by atoms with Crippen LogP contribution in [-0.2, 0) is 15.6 Å². The minimum absolute atomic E-state index is 0.0827. The first-order chi connectivity index (χ1) is 29.0. The summed E-state index contributed by atoms with van der Waals surface area (Å²) in [5.74, 6) is -1.85. The van der Waals surface area contributed by atoms with Gasteiger partial charge in [0, 0.05) is 0 Å². The van der Waals surface area contributed by atoms with Crippen molar-refractivity contribution in [3.63, 3.8) is 0 Å². The third kappa shape index (κ3) is 6.22. The van der Waals surface area contributed by atoms with Crippen molar-refractivity contribution in [1.29, 1.82) is 0 Å². The Morgan fingerprint density at radius 1 is 0.467 bits per heavy atom. The standard InChI is InChI=1S/2C26H20Cl.C2H7Si.2ClH.Zr/c2*1-2-7-17-12-19-14-20(27)16-26(24(19)13-17)25-15-18-8-3-4-9-21(18)22-10-5-6-11-23(22)25;1-3-2;;;/h2*3-6,8-16H,2,7H2,1H3;3H,1-2H3;2*1H;/q;;;;;+2/p-2. The first-order valence-corrected chi connectivity index (χ1v) is 38.5. The Morgan fingerprint density at radius 3 is 1.22 bits per heavy atom. The maximum absolute atomic E-state index is 8.98. The molecule has 0 nitrogen and oxygen atoms in total. The van der Waals surface area contributed by atoms with E-state index in [0.717, 1.165) is 46.9 Å². The normalized spacial score (nSPS) is 17.0. The van der Waals surface area contributed by atoms with Crippen LogP contribution in [0.5, 0.6) is 0 Å². The molecule has 0 amide bonds. The summed E-state index contributed by atoms with van der Waals surface area (Å²) in [5, 5.41) is 11.3. The Morgan fingerprint density at radius 2 is 0.833 bits per heavy atom. The van der Waals surface area contributed by atoms with E-state index in [2.05, 4.69) is 173 Å². The molecule has 0 saturated heterocycles. The fourth-order valence-corrected chi connectivity index (χ4v) is 43.1. The zero-order valence-corrected chi connectivity index (χ0v) is 41.1. The molecule has 0 radical (unpaired) electrons. The van der Waals surface area contributed by atoms with Gasteiger partial charge in [0.25, 0.3) is 0 Å². The Hall–Kier alpha value is -3.46. The zero-order valence-electron chi connectivity index (χ0n) is 34.4. The first kappa shape index (κ1) is 40.6. The fraction of sp³-hybridized carbons (Fsp3) is 0.185. The molecule has 8 aromatic rings. The molecule has 0 fully saturated rings. The van der Waals surface area contributed by atoms with E-state index in [0.29, 0.717) is 0 Å². The molecule has 10 rings (SSSR count). The van der Waals surface area contributed by atoms with Gasteiger partial charge in [-0.3, -0.25) is 0 Å². The van der Waals surface area contributed by atoms with Crippen molar-refractivity contribution < 1.29 is 15.6 Å². The molecule has 6 heteroatoms. The van der Waals surface area contributed by atoms with Gasteiger partial charge in [0.2, 0.25) is 0 Å². The van der Waals surface area contributed by atoms with Crippen molar-refractivity contribution >= 4 is 101 Å². The monoisotopic (exact) mass is 953 g/mol. The SMILES string of the molecule is CCCC1=Cc2c(-c3cc4ccccc4c4ccccc34)cc(Cl)cc2[CH]1[Zr]([Cl])([Cl])([CH]1C(CCC)=Cc2c(-c3cc4ccccc4c4ccccc34)cc(Cl)cc21)[SiH](C)C. The van der Waals surface area contributed by atoms with Gasteiger partial charge in [-0.2, -0.15) is 0 Å². The number of fused-ring (bicyclic) bond motifs is 8. The molecule has 2 unspecified atom stereocenters. The topological polar surface area (TPSA) is 0 Å². The molecule has 0 saturated carbocycles. The van der Waals surface area contributed by atoms with Crippen molar-refractivity contribution in [2.24, 2.45) is 0 Å². The summed E-state index contributed by atoms with van der Waals surface area (Å²) >= 11 is 9.46. The van der Waals surface area contributed by atoms with E-state index < -0.39 is 21.5 Å². The van der Waals surface area contributed by atoms with Crippen molar-refractivity contribution in [3.05, 3.63) is 177 Å². The second kappa shape index (κ2) is 15.4. The Bertz CT molecular complexity index is 2940. The van der Waals surface area contributed by atoms with Gasteiger partial charge in [0.05, 0.1) is 0 Å². The summed E-state index contributed by atoms with van der Waals surface area (Å²) in [4.78, 5) is 0. The number of hydrogen-bond acceptors (Lipinski definition) is 0. The fourth-order valence-electron chi connectivity index (χ4n) is 11.2. The van der Waals surface area contributed by atoms with Crippen LogP contribution < -0.4 is 0 Å². The molecule has 0 aromatic heterocycles. The van der Waals surface area contributed by atoms with Gasteiger partial charge < -0.3 is 0 Å². The van der Waals surface area contributed by atoms with Crippen molar-refractivity contribution in [1.82, 2.24) is 0 Å². The number of hydrogen-bond donors (Lipinski definition) is 0. The third-order valence-electron chi connectivity index (χ3n) is 13.8. The summed E-state index contributed by atoms with van der Waals surface area (Å²) in [6, 6.07) is 48.4. The van der Waals surface area contributed by atoms with E-state index in [4.69, 9.17) is 40.2 Å². The molecule has 0 bridgehead atoms. The molecule has 2 aliphatic carbocycles. The molecule has 0 N–H and O–H groups in total. The van der Waals surface area contributed by atoms with Gasteiger partial charge in [-0.25, -0.2) is 0 Å². The summed E-state index contributed by atoms with van der Waals surface area (Å²) in [6.45, 7) is 9.41. The molecule has 0 heterocycles. The van der Waals surface area contributed by atoms with E-state index in [9.17, 15) is 0 Å². The molecule has 299 valence electrons. The van der Waals surface area contributed by atoms with Gasteiger partial charge in [0.1, 0.15) is 0 Å². The molecule has 8 aromatic carbocycles. The number of allylic oxidation sites excluding steroid dienone is 2. The van der Waals surface area contributed by atoms with Crippen LogP contribution in [-0.4, -0.2) is 5.92 Å². The van der Waals surface area contributed by atoms with Crippen LogP contribution in [0.4, 0.5) is 0 Å². The Balaban J connectivity index is 1.23. The van der Waals surface area contributed by atoms with E-state index in [1.165, 1.54) is 87.6 Å². The van der Waals surface area contributed by atoms with Crippen LogP contribution in [0, 0.1) is 0 Å². The van der Waals surface area contributed by atoms with Crippen LogP contribution in [0.3, 0.4) is 0 Å². The summed E-state index contributed by atoms with van der Waals surface area (Å²) in [7, 11) is 18.0. The maximum atomic E-state index is 8.98. The second-order valence-corrected chi connectivity index (χ2v) is 60.9. The minimum atomic E-state index is -5.20. The Kier molecular flexibility index (Phi) is 10.4. The van der Waals surface area contributed by atoms with E-state index in [1.807, 2.05) is 0 Å². The van der Waals surface area contributed by atoms with Gasteiger partial charge in [-0.15, -0.1) is 0 Å². The molecular weight excluding hydrogens is 910 g/mol. The Labute approximate surface area is 372 Å². The van der Waals surface area contributed by atoms with Crippen LogP contribution >= 0.6 is 40.2 Å². The summed E-state index contributed by atoms with van der Waals surface area (Å²) in [6.07, 6.45) is 8.79. The molecule has 2 aliphatic rings. The summed E-state index contributed by atoms with van der Waals surface area (Å²) in [5.41, 5.74) is 12.3. The zero-order chi connectivity index (χ0) is 41.5. The first-order valence-electron chi connectivity index (χ1n) is 21.5. The quantitative estimate of drug-likeness (QED) is 0.0999. The molecule has 0 aliphatic heterocycles. The third-order valence-corrected chi connectivity index (χ3v) is 66.1. The predicted octanol–water partition coefficient (Wildman–Crippen LogP) is 18.1.